The highest BCUT2D eigenvalue weighted by Gasteiger charge is 2.16. The predicted octanol–water partition coefficient (Wildman–Crippen LogP) is -1.06. The van der Waals surface area contributed by atoms with Gasteiger partial charge in [-0.1, -0.05) is 6.92 Å². The van der Waals surface area contributed by atoms with Gasteiger partial charge in [-0.15, -0.1) is 0 Å². The van der Waals surface area contributed by atoms with E-state index in [0.717, 1.165) is 0 Å². The van der Waals surface area contributed by atoms with Gasteiger partial charge < -0.3 is 20.9 Å². The molecule has 0 aromatic carbocycles. The van der Waals surface area contributed by atoms with E-state index in [4.69, 9.17) is 15.6 Å². The maximum Gasteiger partial charge on any atom is 0.326 e. The van der Waals surface area contributed by atoms with Gasteiger partial charge in [0, 0.05) is 6.54 Å². The van der Waals surface area contributed by atoms with E-state index in [9.17, 15) is 9.59 Å². The number of nitrogens with one attached hydrogen (secondary N) is 1. The SMILES string of the molecule is CCC(NC(=O)COCCN)C(=O)O. The highest BCUT2D eigenvalue weighted by atomic mass is 16.5. The van der Waals surface area contributed by atoms with Crippen LogP contribution in [0.1, 0.15) is 13.3 Å². The Morgan fingerprint density at radius 2 is 2.21 bits per heavy atom. The molecule has 0 aromatic rings. The van der Waals surface area contributed by atoms with E-state index < -0.39 is 17.9 Å². The van der Waals surface area contributed by atoms with Crippen LogP contribution in [0.25, 0.3) is 0 Å². The Morgan fingerprint density at radius 3 is 2.64 bits per heavy atom. The number of hydrogen-bond acceptors (Lipinski definition) is 4. The van der Waals surface area contributed by atoms with Crippen LogP contribution in [0.4, 0.5) is 0 Å². The van der Waals surface area contributed by atoms with Crippen molar-refractivity contribution in [2.75, 3.05) is 19.8 Å². The number of amides is 1. The number of carbonyl (C=O) groups is 2. The molecule has 0 heterocycles. The van der Waals surface area contributed by atoms with Crippen molar-refractivity contribution in [1.29, 1.82) is 0 Å². The lowest BCUT2D eigenvalue weighted by molar-refractivity contribution is -0.142. The summed E-state index contributed by atoms with van der Waals surface area (Å²) in [7, 11) is 0. The van der Waals surface area contributed by atoms with Gasteiger partial charge in [-0.25, -0.2) is 4.79 Å². The van der Waals surface area contributed by atoms with Crippen molar-refractivity contribution in [3.05, 3.63) is 0 Å². The first-order valence-electron chi connectivity index (χ1n) is 4.41. The molecule has 6 nitrogen and oxygen atoms in total. The van der Waals surface area contributed by atoms with Gasteiger partial charge in [-0.05, 0) is 6.42 Å². The second-order valence-corrected chi connectivity index (χ2v) is 2.71. The zero-order valence-electron chi connectivity index (χ0n) is 8.16. The third-order valence-corrected chi connectivity index (χ3v) is 1.54. The van der Waals surface area contributed by atoms with Crippen molar-refractivity contribution in [2.45, 2.75) is 19.4 Å². The van der Waals surface area contributed by atoms with Crippen LogP contribution in [0.15, 0.2) is 0 Å². The number of carboxylic acid groups (broad SMARTS) is 1. The Bertz CT molecular complexity index is 196. The van der Waals surface area contributed by atoms with E-state index in [1.54, 1.807) is 6.92 Å². The molecule has 0 radical (unpaired) electrons. The number of carbonyl (C=O) groups excluding carboxylic acids is 1. The second kappa shape index (κ2) is 7.28. The highest BCUT2D eigenvalue weighted by molar-refractivity contribution is 5.84. The van der Waals surface area contributed by atoms with Crippen LogP contribution in [0.3, 0.4) is 0 Å². The minimum absolute atomic E-state index is 0.152. The maximum atomic E-state index is 11.1. The first kappa shape index (κ1) is 12.9. The summed E-state index contributed by atoms with van der Waals surface area (Å²) in [5.74, 6) is -1.48. The molecular weight excluding hydrogens is 188 g/mol. The fraction of sp³-hybridized carbons (Fsp3) is 0.750. The third-order valence-electron chi connectivity index (χ3n) is 1.54. The molecule has 0 aliphatic heterocycles. The van der Waals surface area contributed by atoms with Crippen molar-refractivity contribution < 1.29 is 19.4 Å². The molecule has 0 bridgehead atoms. The standard InChI is InChI=1S/C8H16N2O4/c1-2-6(8(12)13)10-7(11)5-14-4-3-9/h6H,2-5,9H2,1H3,(H,10,11)(H,12,13). The molecular formula is C8H16N2O4. The van der Waals surface area contributed by atoms with Crippen LogP contribution in [0.2, 0.25) is 0 Å². The summed E-state index contributed by atoms with van der Waals surface area (Å²) in [6, 6.07) is -0.844. The molecule has 1 unspecified atom stereocenters. The Morgan fingerprint density at radius 1 is 1.57 bits per heavy atom. The topological polar surface area (TPSA) is 102 Å². The Hall–Kier alpha value is -1.14. The molecule has 6 heteroatoms. The number of nitrogens with two attached hydrogens (primary N) is 1. The van der Waals surface area contributed by atoms with Crippen LogP contribution in [0.5, 0.6) is 0 Å². The lowest BCUT2D eigenvalue weighted by atomic mass is 10.2. The minimum atomic E-state index is -1.04. The quantitative estimate of drug-likeness (QED) is 0.459. The van der Waals surface area contributed by atoms with E-state index >= 15 is 0 Å². The zero-order chi connectivity index (χ0) is 11.0. The summed E-state index contributed by atoms with van der Waals surface area (Å²) in [4.78, 5) is 21.6. The summed E-state index contributed by atoms with van der Waals surface area (Å²) < 4.78 is 4.84. The number of hydrogen-bond donors (Lipinski definition) is 3. The van der Waals surface area contributed by atoms with Crippen molar-refractivity contribution in [2.24, 2.45) is 5.73 Å². The highest BCUT2D eigenvalue weighted by Crippen LogP contribution is 1.90. The van der Waals surface area contributed by atoms with Gasteiger partial charge in [-0.3, -0.25) is 4.79 Å². The number of carboxylic acids is 1. The van der Waals surface area contributed by atoms with Gasteiger partial charge in [0.05, 0.1) is 6.61 Å². The Labute approximate surface area is 82.4 Å². The predicted molar refractivity (Wildman–Crippen MR) is 49.7 cm³/mol. The summed E-state index contributed by atoms with van der Waals surface area (Å²) in [6.45, 7) is 2.15. The molecule has 4 N–H and O–H groups in total. The summed E-state index contributed by atoms with van der Waals surface area (Å²) in [5.41, 5.74) is 5.14. The van der Waals surface area contributed by atoms with E-state index in [1.165, 1.54) is 0 Å². The number of rotatable bonds is 7. The van der Waals surface area contributed by atoms with E-state index in [2.05, 4.69) is 5.32 Å². The van der Waals surface area contributed by atoms with Gasteiger partial charge in [0.25, 0.3) is 0 Å². The first-order chi connectivity index (χ1) is 6.61. The van der Waals surface area contributed by atoms with Crippen molar-refractivity contribution in [1.82, 2.24) is 5.32 Å². The van der Waals surface area contributed by atoms with Crippen LogP contribution >= 0.6 is 0 Å². The summed E-state index contributed by atoms with van der Waals surface area (Å²) in [5, 5.41) is 10.9. The summed E-state index contributed by atoms with van der Waals surface area (Å²) in [6.07, 6.45) is 0.345. The molecule has 0 spiro atoms. The largest absolute Gasteiger partial charge is 0.480 e. The average Bonchev–Trinajstić information content (AvgIpc) is 2.14. The van der Waals surface area contributed by atoms with Crippen LogP contribution in [-0.4, -0.2) is 42.8 Å². The average molecular weight is 204 g/mol. The fourth-order valence-corrected chi connectivity index (χ4v) is 0.823. The molecule has 14 heavy (non-hydrogen) atoms. The molecule has 0 aliphatic carbocycles. The molecule has 0 fully saturated rings. The normalized spacial score (nSPS) is 12.1. The van der Waals surface area contributed by atoms with Gasteiger partial charge in [0.1, 0.15) is 12.6 Å². The third kappa shape index (κ3) is 5.50. The fourth-order valence-electron chi connectivity index (χ4n) is 0.823. The van der Waals surface area contributed by atoms with Gasteiger partial charge >= 0.3 is 5.97 Å². The maximum absolute atomic E-state index is 11.1. The van der Waals surface area contributed by atoms with E-state index in [0.29, 0.717) is 13.0 Å². The van der Waals surface area contributed by atoms with Gasteiger partial charge in [-0.2, -0.15) is 0 Å². The van der Waals surface area contributed by atoms with Crippen molar-refractivity contribution in [3.63, 3.8) is 0 Å². The molecule has 0 saturated carbocycles. The van der Waals surface area contributed by atoms with Crippen LogP contribution in [0, 0.1) is 0 Å². The van der Waals surface area contributed by atoms with E-state index in [1.807, 2.05) is 0 Å². The van der Waals surface area contributed by atoms with Crippen LogP contribution in [-0.2, 0) is 14.3 Å². The molecule has 82 valence electrons. The molecule has 0 saturated heterocycles. The number of ether oxygens (including phenoxy) is 1. The van der Waals surface area contributed by atoms with E-state index in [-0.39, 0.29) is 13.2 Å². The molecule has 1 atom stereocenters. The molecule has 1 amide bonds. The second-order valence-electron chi connectivity index (χ2n) is 2.71. The smallest absolute Gasteiger partial charge is 0.326 e. The lowest BCUT2D eigenvalue weighted by Crippen LogP contribution is -2.42. The van der Waals surface area contributed by atoms with Crippen molar-refractivity contribution in [3.8, 4) is 0 Å². The van der Waals surface area contributed by atoms with Crippen LogP contribution < -0.4 is 11.1 Å². The van der Waals surface area contributed by atoms with Crippen molar-refractivity contribution >= 4 is 11.9 Å². The minimum Gasteiger partial charge on any atom is -0.480 e. The molecule has 0 rings (SSSR count). The first-order valence-corrected chi connectivity index (χ1v) is 4.41. The monoisotopic (exact) mass is 204 g/mol. The Kier molecular flexibility index (Phi) is 6.69. The van der Waals surface area contributed by atoms with Gasteiger partial charge in [0.15, 0.2) is 0 Å². The Balaban J connectivity index is 3.74. The number of aliphatic carboxylic acids is 1. The molecule has 0 aromatic heterocycles. The zero-order valence-corrected chi connectivity index (χ0v) is 8.16. The summed E-state index contributed by atoms with van der Waals surface area (Å²) >= 11 is 0. The van der Waals surface area contributed by atoms with Gasteiger partial charge in [0.2, 0.25) is 5.91 Å². The lowest BCUT2D eigenvalue weighted by Gasteiger charge is -2.11. The molecule has 0 aliphatic rings.